The van der Waals surface area contributed by atoms with E-state index in [2.05, 4.69) is 28.9 Å². The van der Waals surface area contributed by atoms with E-state index in [1.165, 1.54) is 18.3 Å². The average molecular weight is 401 g/mol. The third-order valence-electron chi connectivity index (χ3n) is 5.13. The van der Waals surface area contributed by atoms with E-state index in [1.807, 2.05) is 12.1 Å². The molecule has 0 saturated carbocycles. The summed E-state index contributed by atoms with van der Waals surface area (Å²) in [6, 6.07) is 6.65. The molecule has 0 atom stereocenters. The highest BCUT2D eigenvalue weighted by molar-refractivity contribution is 6.31. The standard InChI is InChI=1S/C20H18ClFN4O2/c1-24(2)14-9-25(10-14)19-4-3-13(7-23-19)26-8-12(11-27)20(28)15-5-16(21)17(22)6-18(15)26/h3-8,11,14H,9-10H2,1-2H3. The van der Waals surface area contributed by atoms with Gasteiger partial charge in [0.25, 0.3) is 0 Å². The van der Waals surface area contributed by atoms with Crippen LogP contribution in [0.15, 0.2) is 41.5 Å². The lowest BCUT2D eigenvalue weighted by Gasteiger charge is -2.43. The Morgan fingerprint density at radius 3 is 2.64 bits per heavy atom. The first-order valence-electron chi connectivity index (χ1n) is 8.76. The second-order valence-electron chi connectivity index (χ2n) is 7.08. The second kappa shape index (κ2) is 7.00. The molecule has 1 aromatic carbocycles. The van der Waals surface area contributed by atoms with Crippen LogP contribution in [0.4, 0.5) is 10.2 Å². The molecule has 3 heterocycles. The van der Waals surface area contributed by atoms with E-state index in [4.69, 9.17) is 11.6 Å². The van der Waals surface area contributed by atoms with Crippen molar-refractivity contribution in [3.63, 3.8) is 0 Å². The molecule has 6 nitrogen and oxygen atoms in total. The maximum absolute atomic E-state index is 14.0. The van der Waals surface area contributed by atoms with Crippen molar-refractivity contribution in [1.82, 2.24) is 14.5 Å². The Bertz CT molecular complexity index is 1120. The Kier molecular flexibility index (Phi) is 4.64. The first-order valence-corrected chi connectivity index (χ1v) is 9.14. The first-order chi connectivity index (χ1) is 13.4. The summed E-state index contributed by atoms with van der Waals surface area (Å²) in [6.45, 7) is 1.80. The molecule has 0 aliphatic carbocycles. The van der Waals surface area contributed by atoms with Crippen molar-refractivity contribution >= 4 is 34.6 Å². The minimum absolute atomic E-state index is 0.0316. The van der Waals surface area contributed by atoms with Crippen LogP contribution in [-0.2, 0) is 0 Å². The van der Waals surface area contributed by atoms with Crippen molar-refractivity contribution in [3.05, 3.63) is 63.3 Å². The zero-order chi connectivity index (χ0) is 20.0. The Morgan fingerprint density at radius 2 is 2.04 bits per heavy atom. The number of likely N-dealkylation sites (N-methyl/N-ethyl adjacent to an activating group) is 1. The fourth-order valence-corrected chi connectivity index (χ4v) is 3.48. The number of carbonyl (C=O) groups is 1. The van der Waals surface area contributed by atoms with Gasteiger partial charge in [0.2, 0.25) is 0 Å². The van der Waals surface area contributed by atoms with Crippen LogP contribution < -0.4 is 10.3 Å². The summed E-state index contributed by atoms with van der Waals surface area (Å²) in [5, 5.41) is 0.0116. The van der Waals surface area contributed by atoms with E-state index in [0.29, 0.717) is 23.5 Å². The van der Waals surface area contributed by atoms with Gasteiger partial charge in [-0.1, -0.05) is 11.6 Å². The first kappa shape index (κ1) is 18.6. The second-order valence-corrected chi connectivity index (χ2v) is 7.49. The summed E-state index contributed by atoms with van der Waals surface area (Å²) in [6.07, 6.45) is 3.52. The zero-order valence-corrected chi connectivity index (χ0v) is 16.2. The number of anilines is 1. The molecule has 0 radical (unpaired) electrons. The lowest BCUT2D eigenvalue weighted by Crippen LogP contribution is -2.57. The fourth-order valence-electron chi connectivity index (χ4n) is 3.31. The van der Waals surface area contributed by atoms with Crippen molar-refractivity contribution < 1.29 is 9.18 Å². The predicted molar refractivity (Wildman–Crippen MR) is 107 cm³/mol. The van der Waals surface area contributed by atoms with Crippen LogP contribution >= 0.6 is 11.6 Å². The van der Waals surface area contributed by atoms with Gasteiger partial charge in [0.1, 0.15) is 11.6 Å². The summed E-state index contributed by atoms with van der Waals surface area (Å²) in [4.78, 5) is 32.6. The van der Waals surface area contributed by atoms with Crippen LogP contribution in [0.1, 0.15) is 10.4 Å². The topological polar surface area (TPSA) is 58.4 Å². The van der Waals surface area contributed by atoms with Crippen LogP contribution in [0, 0.1) is 5.82 Å². The number of fused-ring (bicyclic) bond motifs is 1. The normalized spacial score (nSPS) is 14.5. The molecule has 0 bridgehead atoms. The number of nitrogens with zero attached hydrogens (tertiary/aromatic N) is 4. The summed E-state index contributed by atoms with van der Waals surface area (Å²) < 4.78 is 15.6. The van der Waals surface area contributed by atoms with E-state index >= 15 is 0 Å². The number of halogens is 2. The number of hydrogen-bond donors (Lipinski definition) is 0. The number of pyridine rings is 2. The summed E-state index contributed by atoms with van der Waals surface area (Å²) in [5.41, 5.74) is 0.422. The van der Waals surface area contributed by atoms with Crippen LogP contribution in [0.25, 0.3) is 16.6 Å². The van der Waals surface area contributed by atoms with Crippen molar-refractivity contribution in [2.75, 3.05) is 32.1 Å². The fraction of sp³-hybridized carbons (Fsp3) is 0.250. The van der Waals surface area contributed by atoms with E-state index in [9.17, 15) is 14.0 Å². The van der Waals surface area contributed by atoms with E-state index in [1.54, 1.807) is 10.8 Å². The van der Waals surface area contributed by atoms with Gasteiger partial charge in [-0.15, -0.1) is 0 Å². The smallest absolute Gasteiger partial charge is 0.199 e. The monoisotopic (exact) mass is 400 g/mol. The van der Waals surface area contributed by atoms with Gasteiger partial charge >= 0.3 is 0 Å². The summed E-state index contributed by atoms with van der Waals surface area (Å²) in [5.74, 6) is 0.207. The molecular formula is C20H18ClFN4O2. The molecule has 1 aliphatic heterocycles. The summed E-state index contributed by atoms with van der Waals surface area (Å²) >= 11 is 5.83. The molecular weight excluding hydrogens is 383 g/mol. The van der Waals surface area contributed by atoms with Gasteiger partial charge in [0, 0.05) is 36.8 Å². The van der Waals surface area contributed by atoms with Crippen LogP contribution in [-0.4, -0.2) is 54.0 Å². The molecule has 1 aliphatic rings. The number of benzene rings is 1. The minimum Gasteiger partial charge on any atom is -0.353 e. The van der Waals surface area contributed by atoms with Crippen LogP contribution in [0.5, 0.6) is 0 Å². The van der Waals surface area contributed by atoms with Gasteiger partial charge in [0.15, 0.2) is 11.7 Å². The zero-order valence-electron chi connectivity index (χ0n) is 15.4. The van der Waals surface area contributed by atoms with Crippen molar-refractivity contribution in [3.8, 4) is 5.69 Å². The molecule has 144 valence electrons. The molecule has 1 fully saturated rings. The Morgan fingerprint density at radius 1 is 1.29 bits per heavy atom. The number of carbonyl (C=O) groups excluding carboxylic acids is 1. The number of hydrogen-bond acceptors (Lipinski definition) is 5. The highest BCUT2D eigenvalue weighted by Crippen LogP contribution is 2.25. The van der Waals surface area contributed by atoms with Crippen LogP contribution in [0.2, 0.25) is 5.02 Å². The van der Waals surface area contributed by atoms with Gasteiger partial charge in [-0.2, -0.15) is 0 Å². The molecule has 0 N–H and O–H groups in total. The van der Waals surface area contributed by atoms with Gasteiger partial charge in [-0.05, 0) is 32.3 Å². The molecule has 0 unspecified atom stereocenters. The SMILES string of the molecule is CN(C)C1CN(c2ccc(-n3cc(C=O)c(=O)c4cc(Cl)c(F)cc43)cn2)C1. The van der Waals surface area contributed by atoms with Gasteiger partial charge in [-0.3, -0.25) is 9.59 Å². The van der Waals surface area contributed by atoms with Crippen molar-refractivity contribution in [2.24, 2.45) is 0 Å². The third kappa shape index (κ3) is 3.06. The lowest BCUT2D eigenvalue weighted by atomic mass is 10.1. The number of rotatable bonds is 4. The summed E-state index contributed by atoms with van der Waals surface area (Å²) in [7, 11) is 4.10. The molecule has 1 saturated heterocycles. The highest BCUT2D eigenvalue weighted by Gasteiger charge is 2.29. The molecule has 0 spiro atoms. The van der Waals surface area contributed by atoms with E-state index in [0.717, 1.165) is 18.9 Å². The van der Waals surface area contributed by atoms with Crippen molar-refractivity contribution in [1.29, 1.82) is 0 Å². The van der Waals surface area contributed by atoms with Gasteiger partial charge < -0.3 is 14.4 Å². The average Bonchev–Trinajstić information content (AvgIpc) is 2.63. The molecule has 4 rings (SSSR count). The van der Waals surface area contributed by atoms with Gasteiger partial charge in [-0.25, -0.2) is 9.37 Å². The van der Waals surface area contributed by atoms with Crippen LogP contribution in [0.3, 0.4) is 0 Å². The molecule has 2 aromatic heterocycles. The molecule has 28 heavy (non-hydrogen) atoms. The maximum Gasteiger partial charge on any atom is 0.199 e. The van der Waals surface area contributed by atoms with Gasteiger partial charge in [0.05, 0.1) is 28.0 Å². The largest absolute Gasteiger partial charge is 0.353 e. The predicted octanol–water partition coefficient (Wildman–Crippen LogP) is 2.74. The Hall–Kier alpha value is -2.77. The maximum atomic E-state index is 14.0. The molecule has 3 aromatic rings. The number of aldehydes is 1. The highest BCUT2D eigenvalue weighted by atomic mass is 35.5. The molecule has 0 amide bonds. The number of aromatic nitrogens is 2. The molecule has 8 heteroatoms. The Labute approximate surface area is 165 Å². The van der Waals surface area contributed by atoms with E-state index in [-0.39, 0.29) is 16.0 Å². The third-order valence-corrected chi connectivity index (χ3v) is 5.42. The minimum atomic E-state index is -0.638. The lowest BCUT2D eigenvalue weighted by molar-refractivity contribution is 0.112. The quantitative estimate of drug-likeness (QED) is 0.630. The van der Waals surface area contributed by atoms with E-state index < -0.39 is 11.2 Å². The Balaban J connectivity index is 1.77. The van der Waals surface area contributed by atoms with Crippen molar-refractivity contribution in [2.45, 2.75) is 6.04 Å².